The summed E-state index contributed by atoms with van der Waals surface area (Å²) >= 11 is 0. The van der Waals surface area contributed by atoms with Crippen LogP contribution in [0.25, 0.3) is 0 Å². The Bertz CT molecular complexity index is 299. The van der Waals surface area contributed by atoms with Gasteiger partial charge in [0.25, 0.3) is 0 Å². The third-order valence-corrected chi connectivity index (χ3v) is 2.51. The second-order valence-corrected chi connectivity index (χ2v) is 3.82. The van der Waals surface area contributed by atoms with Gasteiger partial charge in [0.2, 0.25) is 6.43 Å². The van der Waals surface area contributed by atoms with Gasteiger partial charge in [-0.3, -0.25) is 0 Å². The zero-order chi connectivity index (χ0) is 11.3. The van der Waals surface area contributed by atoms with Crippen molar-refractivity contribution < 1.29 is 8.78 Å². The number of benzene rings is 1. The molecular weight excluding hydrogens is 196 g/mol. The van der Waals surface area contributed by atoms with Crippen LogP contribution in [-0.4, -0.2) is 13.0 Å². The Morgan fingerprint density at radius 2 is 2.07 bits per heavy atom. The van der Waals surface area contributed by atoms with Crippen molar-refractivity contribution in [2.24, 2.45) is 5.73 Å². The van der Waals surface area contributed by atoms with E-state index in [0.29, 0.717) is 18.0 Å². The highest BCUT2D eigenvalue weighted by Crippen LogP contribution is 2.20. The molecule has 1 rings (SSSR count). The molecule has 1 aromatic rings. The van der Waals surface area contributed by atoms with Crippen LogP contribution < -0.4 is 5.73 Å². The van der Waals surface area contributed by atoms with Gasteiger partial charge in [-0.15, -0.1) is 0 Å². The molecular formula is C12H17F2N. The fourth-order valence-electron chi connectivity index (χ4n) is 1.62. The highest BCUT2D eigenvalue weighted by atomic mass is 19.3. The minimum Gasteiger partial charge on any atom is -0.330 e. The molecule has 0 aromatic heterocycles. The molecule has 2 N–H and O–H groups in total. The fraction of sp³-hybridized carbons (Fsp3) is 0.500. The first kappa shape index (κ1) is 12.1. The molecule has 15 heavy (non-hydrogen) atoms. The summed E-state index contributed by atoms with van der Waals surface area (Å²) in [5.41, 5.74) is 7.26. The third-order valence-electron chi connectivity index (χ3n) is 2.51. The van der Waals surface area contributed by atoms with Crippen molar-refractivity contribution in [3.8, 4) is 0 Å². The molecule has 0 saturated carbocycles. The van der Waals surface area contributed by atoms with E-state index in [-0.39, 0.29) is 6.42 Å². The molecule has 0 aliphatic heterocycles. The van der Waals surface area contributed by atoms with Gasteiger partial charge in [0.05, 0.1) is 0 Å². The molecule has 0 spiro atoms. The van der Waals surface area contributed by atoms with Crippen molar-refractivity contribution in [2.75, 3.05) is 6.54 Å². The average molecular weight is 213 g/mol. The topological polar surface area (TPSA) is 26.0 Å². The lowest BCUT2D eigenvalue weighted by atomic mass is 9.95. The van der Waals surface area contributed by atoms with Gasteiger partial charge in [-0.1, -0.05) is 31.2 Å². The highest BCUT2D eigenvalue weighted by Gasteiger charge is 2.08. The largest absolute Gasteiger partial charge is 0.330 e. The maximum Gasteiger partial charge on any atom is 0.242 e. The number of nitrogens with two attached hydrogens (primary N) is 1. The van der Waals surface area contributed by atoms with Gasteiger partial charge in [0.1, 0.15) is 0 Å². The molecule has 0 fully saturated rings. The van der Waals surface area contributed by atoms with Crippen LogP contribution in [0.3, 0.4) is 0 Å². The molecule has 1 atom stereocenters. The van der Waals surface area contributed by atoms with Crippen molar-refractivity contribution in [3.63, 3.8) is 0 Å². The zero-order valence-electron chi connectivity index (χ0n) is 8.92. The predicted octanol–water partition coefficient (Wildman–Crippen LogP) is 2.95. The molecule has 0 heterocycles. The fourth-order valence-corrected chi connectivity index (χ4v) is 1.62. The summed E-state index contributed by atoms with van der Waals surface area (Å²) in [5.74, 6) is 0.340. The van der Waals surface area contributed by atoms with E-state index in [1.165, 1.54) is 0 Å². The van der Waals surface area contributed by atoms with Crippen LogP contribution in [0, 0.1) is 0 Å². The third kappa shape index (κ3) is 3.96. The number of alkyl halides is 2. The molecule has 0 amide bonds. The smallest absolute Gasteiger partial charge is 0.242 e. The molecule has 0 aliphatic carbocycles. The number of halogens is 2. The lowest BCUT2D eigenvalue weighted by Gasteiger charge is -2.11. The van der Waals surface area contributed by atoms with Crippen LogP contribution in [0.15, 0.2) is 24.3 Å². The normalized spacial score (nSPS) is 13.1. The van der Waals surface area contributed by atoms with E-state index >= 15 is 0 Å². The Balaban J connectivity index is 2.73. The van der Waals surface area contributed by atoms with E-state index in [4.69, 9.17) is 5.73 Å². The Labute approximate surface area is 89.3 Å². The summed E-state index contributed by atoms with van der Waals surface area (Å²) in [6.45, 7) is 2.69. The van der Waals surface area contributed by atoms with Crippen LogP contribution in [-0.2, 0) is 6.42 Å². The Morgan fingerprint density at radius 1 is 1.33 bits per heavy atom. The van der Waals surface area contributed by atoms with Crippen LogP contribution >= 0.6 is 0 Å². The van der Waals surface area contributed by atoms with Crippen molar-refractivity contribution in [1.82, 2.24) is 0 Å². The van der Waals surface area contributed by atoms with Crippen LogP contribution in [0.2, 0.25) is 0 Å². The van der Waals surface area contributed by atoms with E-state index in [9.17, 15) is 8.78 Å². The standard InChI is InChI=1S/C12H17F2N/c1-9(5-6-15)11-4-2-3-10(7-11)8-12(13)14/h2-4,7,9,12H,5-6,8,15H2,1H3. The second-order valence-electron chi connectivity index (χ2n) is 3.82. The minimum atomic E-state index is -2.27. The SMILES string of the molecule is CC(CCN)c1cccc(CC(F)F)c1. The molecule has 0 aliphatic rings. The quantitative estimate of drug-likeness (QED) is 0.799. The summed E-state index contributed by atoms with van der Waals surface area (Å²) < 4.78 is 24.4. The summed E-state index contributed by atoms with van der Waals surface area (Å²) in [4.78, 5) is 0. The monoisotopic (exact) mass is 213 g/mol. The van der Waals surface area contributed by atoms with E-state index in [1.807, 2.05) is 18.2 Å². The molecule has 1 unspecified atom stereocenters. The summed E-state index contributed by atoms with van der Waals surface area (Å²) in [6.07, 6.45) is -1.55. The van der Waals surface area contributed by atoms with Gasteiger partial charge in [0, 0.05) is 6.42 Å². The van der Waals surface area contributed by atoms with E-state index in [1.54, 1.807) is 6.07 Å². The molecule has 0 radical (unpaired) electrons. The van der Waals surface area contributed by atoms with Gasteiger partial charge in [0.15, 0.2) is 0 Å². The van der Waals surface area contributed by atoms with E-state index < -0.39 is 6.43 Å². The number of rotatable bonds is 5. The van der Waals surface area contributed by atoms with Crippen molar-refractivity contribution >= 4 is 0 Å². The van der Waals surface area contributed by atoms with Crippen molar-refractivity contribution in [2.45, 2.75) is 32.1 Å². The van der Waals surface area contributed by atoms with Gasteiger partial charge < -0.3 is 5.73 Å². The highest BCUT2D eigenvalue weighted by molar-refractivity contribution is 5.26. The van der Waals surface area contributed by atoms with Crippen molar-refractivity contribution in [3.05, 3.63) is 35.4 Å². The minimum absolute atomic E-state index is 0.164. The first-order valence-corrected chi connectivity index (χ1v) is 5.20. The molecule has 1 aromatic carbocycles. The molecule has 3 heteroatoms. The van der Waals surface area contributed by atoms with Gasteiger partial charge >= 0.3 is 0 Å². The zero-order valence-corrected chi connectivity index (χ0v) is 8.92. The van der Waals surface area contributed by atoms with Crippen LogP contribution in [0.1, 0.15) is 30.4 Å². The lowest BCUT2D eigenvalue weighted by molar-refractivity contribution is 0.149. The molecule has 84 valence electrons. The Hall–Kier alpha value is -0.960. The summed E-state index contributed by atoms with van der Waals surface area (Å²) in [5, 5.41) is 0. The molecule has 0 bridgehead atoms. The van der Waals surface area contributed by atoms with Crippen LogP contribution in [0.5, 0.6) is 0 Å². The maximum atomic E-state index is 12.2. The first-order valence-electron chi connectivity index (χ1n) is 5.20. The Kier molecular flexibility index (Phi) is 4.69. The summed E-state index contributed by atoms with van der Waals surface area (Å²) in [7, 11) is 0. The van der Waals surface area contributed by atoms with Crippen LogP contribution in [0.4, 0.5) is 8.78 Å². The van der Waals surface area contributed by atoms with Gasteiger partial charge in [-0.25, -0.2) is 8.78 Å². The Morgan fingerprint density at radius 3 is 2.67 bits per heavy atom. The first-order chi connectivity index (χ1) is 7.13. The number of hydrogen-bond acceptors (Lipinski definition) is 1. The lowest BCUT2D eigenvalue weighted by Crippen LogP contribution is -2.05. The summed E-state index contributed by atoms with van der Waals surface area (Å²) in [6, 6.07) is 7.40. The average Bonchev–Trinajstić information content (AvgIpc) is 2.17. The van der Waals surface area contributed by atoms with Crippen molar-refractivity contribution in [1.29, 1.82) is 0 Å². The van der Waals surface area contributed by atoms with Gasteiger partial charge in [-0.2, -0.15) is 0 Å². The number of hydrogen-bond donors (Lipinski definition) is 1. The maximum absolute atomic E-state index is 12.2. The van der Waals surface area contributed by atoms with E-state index in [0.717, 1.165) is 12.0 Å². The molecule has 1 nitrogen and oxygen atoms in total. The molecule has 0 saturated heterocycles. The second kappa shape index (κ2) is 5.81. The van der Waals surface area contributed by atoms with Gasteiger partial charge in [-0.05, 0) is 30.0 Å². The van der Waals surface area contributed by atoms with E-state index in [2.05, 4.69) is 6.92 Å². The predicted molar refractivity (Wildman–Crippen MR) is 58.2 cm³/mol.